The molecule has 0 atom stereocenters. The molecule has 3 aromatic rings. The highest BCUT2D eigenvalue weighted by molar-refractivity contribution is 14.0. The molecule has 7 nitrogen and oxygen atoms in total. The summed E-state index contributed by atoms with van der Waals surface area (Å²) in [6.45, 7) is 4.51. The lowest BCUT2D eigenvalue weighted by molar-refractivity contribution is 0.566. The first-order valence-electron chi connectivity index (χ1n) is 9.85. The zero-order valence-corrected chi connectivity index (χ0v) is 21.3. The number of guanidine groups is 1. The fourth-order valence-electron chi connectivity index (χ4n) is 3.25. The highest BCUT2D eigenvalue weighted by Gasteiger charge is 2.18. The van der Waals surface area contributed by atoms with Crippen molar-refractivity contribution in [2.75, 3.05) is 19.3 Å². The first-order chi connectivity index (χ1) is 14.8. The lowest BCUT2D eigenvalue weighted by Crippen LogP contribution is -2.39. The van der Waals surface area contributed by atoms with E-state index in [1.165, 1.54) is 18.2 Å². The minimum atomic E-state index is -3.74. The van der Waals surface area contributed by atoms with Crippen LogP contribution in [0.25, 0.3) is 5.69 Å². The van der Waals surface area contributed by atoms with Crippen LogP contribution in [0, 0.1) is 19.7 Å². The summed E-state index contributed by atoms with van der Waals surface area (Å²) in [5, 5.41) is 10.7. The molecule has 0 amide bonds. The van der Waals surface area contributed by atoms with Crippen molar-refractivity contribution >= 4 is 39.8 Å². The summed E-state index contributed by atoms with van der Waals surface area (Å²) in [4.78, 5) is 3.85. The molecule has 0 aliphatic carbocycles. The van der Waals surface area contributed by atoms with Gasteiger partial charge in [-0.3, -0.25) is 4.99 Å². The van der Waals surface area contributed by atoms with Crippen molar-refractivity contribution in [3.63, 3.8) is 0 Å². The molecule has 0 saturated heterocycles. The highest BCUT2D eigenvalue weighted by Crippen LogP contribution is 2.17. The van der Waals surface area contributed by atoms with Crippen molar-refractivity contribution in [1.29, 1.82) is 0 Å². The van der Waals surface area contributed by atoms with E-state index in [0.717, 1.165) is 28.7 Å². The van der Waals surface area contributed by atoms with Crippen molar-refractivity contribution in [3.8, 4) is 5.69 Å². The number of aryl methyl sites for hydroxylation is 2. The number of nitrogens with one attached hydrogen (secondary N) is 2. The molecule has 3 rings (SSSR count). The van der Waals surface area contributed by atoms with E-state index in [-0.39, 0.29) is 41.2 Å². The number of benzene rings is 2. The molecule has 0 bridgehead atoms. The van der Waals surface area contributed by atoms with Crippen molar-refractivity contribution in [1.82, 2.24) is 20.4 Å². The topological polar surface area (TPSA) is 88.4 Å². The van der Waals surface area contributed by atoms with E-state index in [4.69, 9.17) is 0 Å². The number of hydrogen-bond donors (Lipinski definition) is 2. The molecule has 0 radical (unpaired) electrons. The van der Waals surface area contributed by atoms with Gasteiger partial charge in [-0.05, 0) is 43.7 Å². The molecular weight excluding hydrogens is 544 g/mol. The van der Waals surface area contributed by atoms with Crippen molar-refractivity contribution in [2.45, 2.75) is 25.3 Å². The molecule has 1 aromatic heterocycles. The minimum absolute atomic E-state index is 0. The van der Waals surface area contributed by atoms with Crippen LogP contribution >= 0.6 is 24.0 Å². The number of sulfone groups is 1. The Morgan fingerprint density at radius 1 is 1.09 bits per heavy atom. The second-order valence-electron chi connectivity index (χ2n) is 7.07. The van der Waals surface area contributed by atoms with Crippen LogP contribution in [0.2, 0.25) is 0 Å². The third-order valence-corrected chi connectivity index (χ3v) is 6.48. The van der Waals surface area contributed by atoms with Crippen LogP contribution in [-0.4, -0.2) is 43.5 Å². The fourth-order valence-corrected chi connectivity index (χ4v) is 4.49. The number of rotatable bonds is 7. The maximum Gasteiger partial charge on any atom is 0.191 e. The van der Waals surface area contributed by atoms with Gasteiger partial charge in [0.1, 0.15) is 10.7 Å². The van der Waals surface area contributed by atoms with Gasteiger partial charge in [-0.25, -0.2) is 17.5 Å². The monoisotopic (exact) mass is 571 g/mol. The molecular formula is C22H27FIN5O2S. The van der Waals surface area contributed by atoms with Gasteiger partial charge in [0, 0.05) is 25.8 Å². The number of aromatic nitrogens is 2. The normalized spacial score (nSPS) is 11.7. The Morgan fingerprint density at radius 3 is 2.44 bits per heavy atom. The highest BCUT2D eigenvalue weighted by atomic mass is 127. The summed E-state index contributed by atoms with van der Waals surface area (Å²) in [6.07, 6.45) is 0. The zero-order valence-electron chi connectivity index (χ0n) is 18.2. The smallest absolute Gasteiger partial charge is 0.191 e. The second-order valence-corrected chi connectivity index (χ2v) is 9.15. The van der Waals surface area contributed by atoms with Crippen LogP contribution in [0.1, 0.15) is 17.0 Å². The van der Waals surface area contributed by atoms with Crippen LogP contribution in [0.3, 0.4) is 0 Å². The Labute approximate surface area is 205 Å². The molecule has 0 saturated carbocycles. The SMILES string of the molecule is CN=C(NCCS(=O)(=O)c1ccccc1F)NCc1ccccc1-n1nc(C)cc1C.I. The van der Waals surface area contributed by atoms with Gasteiger partial charge in [0.05, 0.1) is 17.1 Å². The lowest BCUT2D eigenvalue weighted by atomic mass is 10.1. The Hall–Kier alpha value is -2.47. The molecule has 0 fully saturated rings. The standard InChI is InChI=1S/C22H26FN5O2S.HI/c1-16-14-17(2)28(27-16)20-10-6-4-8-18(20)15-26-22(24-3)25-12-13-31(29,30)21-11-7-5-9-19(21)23;/h4-11,14H,12-13,15H2,1-3H3,(H2,24,25,26);1H. The average Bonchev–Trinajstić information content (AvgIpc) is 3.08. The summed E-state index contributed by atoms with van der Waals surface area (Å²) >= 11 is 0. The number of aliphatic imine (C=N–C) groups is 1. The summed E-state index contributed by atoms with van der Waals surface area (Å²) in [5.74, 6) is -0.547. The molecule has 0 unspecified atom stereocenters. The first kappa shape index (κ1) is 25.8. The van der Waals surface area contributed by atoms with Crippen LogP contribution in [0.5, 0.6) is 0 Å². The van der Waals surface area contributed by atoms with Gasteiger partial charge in [-0.2, -0.15) is 5.10 Å². The molecule has 2 N–H and O–H groups in total. The van der Waals surface area contributed by atoms with E-state index < -0.39 is 15.7 Å². The zero-order chi connectivity index (χ0) is 22.4. The summed E-state index contributed by atoms with van der Waals surface area (Å²) in [7, 11) is -2.13. The second kappa shape index (κ2) is 11.4. The van der Waals surface area contributed by atoms with Crippen LogP contribution in [0.15, 0.2) is 64.5 Å². The maximum absolute atomic E-state index is 13.8. The van der Waals surface area contributed by atoms with Crippen LogP contribution < -0.4 is 10.6 Å². The molecule has 0 aliphatic rings. The van der Waals surface area contributed by atoms with E-state index in [1.807, 2.05) is 48.9 Å². The number of halogens is 2. The van der Waals surface area contributed by atoms with E-state index in [9.17, 15) is 12.8 Å². The third kappa shape index (κ3) is 6.28. The molecule has 2 aromatic carbocycles. The van der Waals surface area contributed by atoms with Gasteiger partial charge in [0.2, 0.25) is 0 Å². The first-order valence-corrected chi connectivity index (χ1v) is 11.5. The summed E-state index contributed by atoms with van der Waals surface area (Å²) in [6, 6.07) is 15.3. The number of hydrogen-bond acceptors (Lipinski definition) is 4. The Morgan fingerprint density at radius 2 is 1.78 bits per heavy atom. The fraction of sp³-hybridized carbons (Fsp3) is 0.273. The van der Waals surface area contributed by atoms with Crippen LogP contribution in [-0.2, 0) is 16.4 Å². The predicted molar refractivity (Wildman–Crippen MR) is 135 cm³/mol. The van der Waals surface area contributed by atoms with E-state index >= 15 is 0 Å². The minimum Gasteiger partial charge on any atom is -0.355 e. The average molecular weight is 571 g/mol. The van der Waals surface area contributed by atoms with Gasteiger partial charge in [0.15, 0.2) is 15.8 Å². The maximum atomic E-state index is 13.8. The Bertz CT molecular complexity index is 1190. The van der Waals surface area contributed by atoms with Crippen molar-refractivity contribution in [2.24, 2.45) is 4.99 Å². The van der Waals surface area contributed by atoms with Gasteiger partial charge < -0.3 is 10.6 Å². The quantitative estimate of drug-likeness (QED) is 0.258. The molecule has 172 valence electrons. The van der Waals surface area contributed by atoms with Crippen LogP contribution in [0.4, 0.5) is 4.39 Å². The number of para-hydroxylation sites is 1. The molecule has 0 aliphatic heterocycles. The van der Waals surface area contributed by atoms with Crippen molar-refractivity contribution in [3.05, 3.63) is 77.4 Å². The summed E-state index contributed by atoms with van der Waals surface area (Å²) in [5.41, 5.74) is 3.94. The van der Waals surface area contributed by atoms with Crippen molar-refractivity contribution < 1.29 is 12.8 Å². The van der Waals surface area contributed by atoms with Gasteiger partial charge >= 0.3 is 0 Å². The van der Waals surface area contributed by atoms with Gasteiger partial charge in [-0.1, -0.05) is 30.3 Å². The van der Waals surface area contributed by atoms with E-state index in [2.05, 4.69) is 20.7 Å². The Balaban J connectivity index is 0.00000363. The molecule has 10 heteroatoms. The van der Waals surface area contributed by atoms with Gasteiger partial charge in [-0.15, -0.1) is 24.0 Å². The lowest BCUT2D eigenvalue weighted by Gasteiger charge is -2.15. The summed E-state index contributed by atoms with van der Waals surface area (Å²) < 4.78 is 40.5. The largest absolute Gasteiger partial charge is 0.355 e. The molecule has 0 spiro atoms. The molecule has 1 heterocycles. The number of nitrogens with zero attached hydrogens (tertiary/aromatic N) is 3. The van der Waals surface area contributed by atoms with E-state index in [0.29, 0.717) is 12.5 Å². The Kier molecular flexibility index (Phi) is 9.20. The predicted octanol–water partition coefficient (Wildman–Crippen LogP) is 3.39. The van der Waals surface area contributed by atoms with Gasteiger partial charge in [0.25, 0.3) is 0 Å². The van der Waals surface area contributed by atoms with E-state index in [1.54, 1.807) is 7.05 Å². The third-order valence-electron chi connectivity index (χ3n) is 4.73. The molecule has 32 heavy (non-hydrogen) atoms.